The summed E-state index contributed by atoms with van der Waals surface area (Å²) < 4.78 is 18.5. The molecule has 46 heavy (non-hydrogen) atoms. The lowest BCUT2D eigenvalue weighted by atomic mass is 9.94. The van der Waals surface area contributed by atoms with Gasteiger partial charge in [0.2, 0.25) is 0 Å². The molecule has 0 fully saturated rings. The van der Waals surface area contributed by atoms with Crippen LogP contribution in [0.15, 0.2) is 60.7 Å². The Labute approximate surface area is 282 Å². The Morgan fingerprint density at radius 3 is 2.46 bits per heavy atom. The minimum Gasteiger partial charge on any atom is -0.492 e. The van der Waals surface area contributed by atoms with Crippen LogP contribution in [-0.2, 0) is 20.7 Å². The zero-order chi connectivity index (χ0) is 33.4. The number of carbonyl (C=O) groups excluding carboxylic acids is 1. The summed E-state index contributed by atoms with van der Waals surface area (Å²) in [6, 6.07) is 18.7. The van der Waals surface area contributed by atoms with Gasteiger partial charge in [0.15, 0.2) is 11.5 Å². The molecule has 0 bridgehead atoms. The molecule has 1 N–H and O–H groups in total. The van der Waals surface area contributed by atoms with Gasteiger partial charge in [0.25, 0.3) is 5.91 Å². The molecule has 0 saturated carbocycles. The lowest BCUT2D eigenvalue weighted by molar-refractivity contribution is -0.147. The highest BCUT2D eigenvalue weighted by Crippen LogP contribution is 2.45. The van der Waals surface area contributed by atoms with E-state index in [0.29, 0.717) is 46.5 Å². The Morgan fingerprint density at radius 2 is 1.76 bits per heavy atom. The molecule has 1 aliphatic heterocycles. The van der Waals surface area contributed by atoms with Gasteiger partial charge >= 0.3 is 5.97 Å². The second-order valence-corrected chi connectivity index (χ2v) is 13.7. The number of hydrogen-bond acceptors (Lipinski definition) is 6. The standard InChI is InChI=1S/C36H44Cl2N2O6/c1-36(2,3)23-40-29-17-16-25(37)21-27(29)33(46-31(35(40)43)22-32(41)42)26-13-8-15-30(34(26)44-5)45-20-10-19-39(4)18-9-12-24-11-6-7-14-28(24)38/h6-8,11,13-17,21,31,33H,9-10,12,18-20,22-23H2,1-5H3,(H,41,42). The van der Waals surface area contributed by atoms with Crippen molar-refractivity contribution in [2.75, 3.05) is 45.3 Å². The summed E-state index contributed by atoms with van der Waals surface area (Å²) in [4.78, 5) is 29.6. The van der Waals surface area contributed by atoms with Gasteiger partial charge in [-0.15, -0.1) is 0 Å². The molecule has 0 radical (unpaired) electrons. The molecule has 0 saturated heterocycles. The Kier molecular flexibility index (Phi) is 12.4. The Morgan fingerprint density at radius 1 is 1.02 bits per heavy atom. The number of carboxylic acid groups (broad SMARTS) is 1. The maximum Gasteiger partial charge on any atom is 0.306 e. The molecule has 3 aromatic carbocycles. The molecule has 1 aliphatic rings. The number of para-hydroxylation sites is 1. The third kappa shape index (κ3) is 9.38. The van der Waals surface area contributed by atoms with Crippen LogP contribution in [0.3, 0.4) is 0 Å². The average Bonchev–Trinajstić information content (AvgIpc) is 3.09. The van der Waals surface area contributed by atoms with Gasteiger partial charge < -0.3 is 29.1 Å². The van der Waals surface area contributed by atoms with Gasteiger partial charge in [-0.05, 0) is 74.2 Å². The summed E-state index contributed by atoms with van der Waals surface area (Å²) in [6.07, 6.45) is 0.179. The molecule has 2 atom stereocenters. The Bertz CT molecular complexity index is 1510. The molecule has 1 heterocycles. The van der Waals surface area contributed by atoms with Gasteiger partial charge in [-0.2, -0.15) is 0 Å². The minimum atomic E-state index is -1.22. The van der Waals surface area contributed by atoms with Crippen molar-refractivity contribution in [1.82, 2.24) is 4.90 Å². The highest BCUT2D eigenvalue weighted by Gasteiger charge is 2.40. The molecule has 0 aromatic heterocycles. The first kappa shape index (κ1) is 35.6. The number of fused-ring (bicyclic) bond motifs is 1. The van der Waals surface area contributed by atoms with Crippen LogP contribution in [0.2, 0.25) is 10.0 Å². The van der Waals surface area contributed by atoms with E-state index in [1.165, 1.54) is 0 Å². The number of nitrogens with zero attached hydrogens (tertiary/aromatic N) is 2. The number of aliphatic carboxylic acids is 1. The summed E-state index contributed by atoms with van der Waals surface area (Å²) in [5.41, 5.74) is 2.77. The Balaban J connectivity index is 1.52. The number of halogens is 2. The molecule has 2 unspecified atom stereocenters. The molecular weight excluding hydrogens is 627 g/mol. The molecule has 248 valence electrons. The van der Waals surface area contributed by atoms with Crippen LogP contribution in [0.5, 0.6) is 11.5 Å². The van der Waals surface area contributed by atoms with Crippen molar-refractivity contribution in [1.29, 1.82) is 0 Å². The summed E-state index contributed by atoms with van der Waals surface area (Å²) >= 11 is 12.8. The fraction of sp³-hybridized carbons (Fsp3) is 0.444. The van der Waals surface area contributed by atoms with Crippen LogP contribution >= 0.6 is 23.2 Å². The van der Waals surface area contributed by atoms with Gasteiger partial charge in [0, 0.05) is 39.9 Å². The number of hydrogen-bond donors (Lipinski definition) is 1. The predicted molar refractivity (Wildman–Crippen MR) is 183 cm³/mol. The van der Waals surface area contributed by atoms with Gasteiger partial charge in [-0.25, -0.2) is 0 Å². The fourth-order valence-electron chi connectivity index (χ4n) is 5.68. The number of carbonyl (C=O) groups is 2. The maximum atomic E-state index is 13.8. The van der Waals surface area contributed by atoms with Crippen LogP contribution in [0.25, 0.3) is 0 Å². The first-order chi connectivity index (χ1) is 21.9. The molecule has 0 spiro atoms. The van der Waals surface area contributed by atoms with Crippen LogP contribution in [-0.4, -0.2) is 68.4 Å². The van der Waals surface area contributed by atoms with E-state index >= 15 is 0 Å². The second-order valence-electron chi connectivity index (χ2n) is 12.9. The highest BCUT2D eigenvalue weighted by atomic mass is 35.5. The minimum absolute atomic E-state index is 0.269. The second kappa shape index (κ2) is 16.0. The maximum absolute atomic E-state index is 13.8. The highest BCUT2D eigenvalue weighted by molar-refractivity contribution is 6.31. The van der Waals surface area contributed by atoms with E-state index in [2.05, 4.69) is 18.0 Å². The largest absolute Gasteiger partial charge is 0.492 e. The van der Waals surface area contributed by atoms with Crippen LogP contribution in [0.4, 0.5) is 5.69 Å². The normalized spacial score (nSPS) is 16.7. The summed E-state index contributed by atoms with van der Waals surface area (Å²) in [5, 5.41) is 11.0. The van der Waals surface area contributed by atoms with Crippen molar-refractivity contribution in [3.8, 4) is 11.5 Å². The van der Waals surface area contributed by atoms with E-state index in [1.807, 2.05) is 57.2 Å². The van der Waals surface area contributed by atoms with Crippen LogP contribution in [0.1, 0.15) is 62.8 Å². The number of benzene rings is 3. The summed E-state index contributed by atoms with van der Waals surface area (Å²) in [6.45, 7) is 8.68. The van der Waals surface area contributed by atoms with Crippen molar-refractivity contribution in [3.05, 3.63) is 87.4 Å². The molecule has 8 nitrogen and oxygen atoms in total. The topological polar surface area (TPSA) is 88.5 Å². The number of carboxylic acids is 1. The first-order valence-corrected chi connectivity index (χ1v) is 16.3. The first-order valence-electron chi connectivity index (χ1n) is 15.6. The van der Waals surface area contributed by atoms with Crippen molar-refractivity contribution < 1.29 is 28.9 Å². The van der Waals surface area contributed by atoms with E-state index in [-0.39, 0.29) is 5.41 Å². The number of anilines is 1. The number of amides is 1. The van der Waals surface area contributed by atoms with E-state index in [1.54, 1.807) is 30.2 Å². The van der Waals surface area contributed by atoms with E-state index < -0.39 is 30.5 Å². The smallest absolute Gasteiger partial charge is 0.306 e. The molecule has 10 heteroatoms. The Hall–Kier alpha value is -3.30. The monoisotopic (exact) mass is 670 g/mol. The predicted octanol–water partition coefficient (Wildman–Crippen LogP) is 7.68. The van der Waals surface area contributed by atoms with Crippen molar-refractivity contribution >= 4 is 40.8 Å². The van der Waals surface area contributed by atoms with Crippen LogP contribution < -0.4 is 14.4 Å². The number of methoxy groups -OCH3 is 1. The summed E-state index contributed by atoms with van der Waals surface area (Å²) in [7, 11) is 3.65. The van der Waals surface area contributed by atoms with Crippen molar-refractivity contribution in [3.63, 3.8) is 0 Å². The zero-order valence-electron chi connectivity index (χ0n) is 27.2. The third-order valence-corrected chi connectivity index (χ3v) is 8.38. The molecule has 0 aliphatic carbocycles. The molecule has 1 amide bonds. The molecular formula is C36H44Cl2N2O6. The van der Waals surface area contributed by atoms with Crippen molar-refractivity contribution in [2.24, 2.45) is 5.41 Å². The van der Waals surface area contributed by atoms with Crippen LogP contribution in [0, 0.1) is 5.41 Å². The lowest BCUT2D eigenvalue weighted by Crippen LogP contribution is -2.44. The van der Waals surface area contributed by atoms with Gasteiger partial charge in [-0.3, -0.25) is 9.59 Å². The number of rotatable bonds is 14. The van der Waals surface area contributed by atoms with E-state index in [4.69, 9.17) is 37.4 Å². The zero-order valence-corrected chi connectivity index (χ0v) is 28.7. The van der Waals surface area contributed by atoms with E-state index in [0.717, 1.165) is 42.9 Å². The fourth-order valence-corrected chi connectivity index (χ4v) is 6.09. The quantitative estimate of drug-likeness (QED) is 0.176. The average molecular weight is 672 g/mol. The summed E-state index contributed by atoms with van der Waals surface area (Å²) in [5.74, 6) is -0.553. The van der Waals surface area contributed by atoms with E-state index in [9.17, 15) is 14.7 Å². The number of aryl methyl sites for hydroxylation is 1. The molecule has 3 aromatic rings. The lowest BCUT2D eigenvalue weighted by Gasteiger charge is -2.31. The SMILES string of the molecule is COc1c(OCCCN(C)CCCc2ccccc2Cl)cccc1C1OC(CC(=O)O)C(=O)N(CC(C)(C)C)c2ccc(Cl)cc21. The number of ether oxygens (including phenoxy) is 3. The third-order valence-electron chi connectivity index (χ3n) is 7.78. The van der Waals surface area contributed by atoms with Gasteiger partial charge in [0.1, 0.15) is 12.2 Å². The van der Waals surface area contributed by atoms with Gasteiger partial charge in [-0.1, -0.05) is 74.3 Å². The van der Waals surface area contributed by atoms with Crippen molar-refractivity contribution in [2.45, 2.75) is 58.7 Å². The molecule has 4 rings (SSSR count). The van der Waals surface area contributed by atoms with Gasteiger partial charge in [0.05, 0.1) is 20.1 Å².